The molecule has 0 bridgehead atoms. The molecule has 3 rings (SSSR count). The Kier molecular flexibility index (Phi) is 6.95. The van der Waals surface area contributed by atoms with Crippen molar-refractivity contribution in [2.45, 2.75) is 6.92 Å². The van der Waals surface area contributed by atoms with Gasteiger partial charge in [0.15, 0.2) is 11.5 Å². The molecule has 6 heteroatoms. The van der Waals surface area contributed by atoms with Gasteiger partial charge < -0.3 is 14.4 Å². The Labute approximate surface area is 171 Å². The number of rotatable bonds is 6. The van der Waals surface area contributed by atoms with Gasteiger partial charge in [-0.25, -0.2) is 0 Å². The SMILES string of the molecule is COc1cc(C=CCN2CCN(c3ccccc3Cl)CC2)ccc1OC(C)=O. The van der Waals surface area contributed by atoms with Gasteiger partial charge in [-0.2, -0.15) is 0 Å². The van der Waals surface area contributed by atoms with Gasteiger partial charge in [-0.3, -0.25) is 9.69 Å². The molecule has 2 aromatic rings. The van der Waals surface area contributed by atoms with Crippen molar-refractivity contribution in [3.05, 3.63) is 59.1 Å². The highest BCUT2D eigenvalue weighted by atomic mass is 35.5. The van der Waals surface area contributed by atoms with Crippen LogP contribution in [0.5, 0.6) is 11.5 Å². The minimum atomic E-state index is -0.363. The number of para-hydroxylation sites is 1. The molecule has 0 saturated carbocycles. The molecule has 1 heterocycles. The first-order chi connectivity index (χ1) is 13.6. The van der Waals surface area contributed by atoms with Gasteiger partial charge in [0.2, 0.25) is 0 Å². The van der Waals surface area contributed by atoms with Crippen LogP contribution in [-0.2, 0) is 4.79 Å². The number of piperazine rings is 1. The molecule has 0 spiro atoms. The highest BCUT2D eigenvalue weighted by Crippen LogP contribution is 2.29. The van der Waals surface area contributed by atoms with Crippen molar-refractivity contribution >= 4 is 29.3 Å². The lowest BCUT2D eigenvalue weighted by Gasteiger charge is -2.36. The summed E-state index contributed by atoms with van der Waals surface area (Å²) in [5, 5.41) is 0.807. The van der Waals surface area contributed by atoms with Gasteiger partial charge in [-0.15, -0.1) is 0 Å². The number of benzene rings is 2. The van der Waals surface area contributed by atoms with E-state index in [1.807, 2.05) is 30.3 Å². The predicted molar refractivity (Wildman–Crippen MR) is 113 cm³/mol. The molecular weight excluding hydrogens is 376 g/mol. The van der Waals surface area contributed by atoms with E-state index in [1.54, 1.807) is 13.2 Å². The van der Waals surface area contributed by atoms with E-state index in [-0.39, 0.29) is 5.97 Å². The van der Waals surface area contributed by atoms with Crippen molar-refractivity contribution in [1.82, 2.24) is 4.90 Å². The largest absolute Gasteiger partial charge is 0.493 e. The molecule has 1 fully saturated rings. The summed E-state index contributed by atoms with van der Waals surface area (Å²) in [6.45, 7) is 6.16. The second-order valence-electron chi connectivity index (χ2n) is 6.65. The van der Waals surface area contributed by atoms with Gasteiger partial charge in [-0.05, 0) is 29.8 Å². The summed E-state index contributed by atoms with van der Waals surface area (Å²) in [5.74, 6) is 0.617. The number of anilines is 1. The summed E-state index contributed by atoms with van der Waals surface area (Å²) in [6, 6.07) is 13.5. The molecular formula is C22H25ClN2O3. The first kappa shape index (κ1) is 20.2. The highest BCUT2D eigenvalue weighted by Gasteiger charge is 2.17. The Bertz CT molecular complexity index is 845. The van der Waals surface area contributed by atoms with Gasteiger partial charge in [0.25, 0.3) is 0 Å². The van der Waals surface area contributed by atoms with Crippen LogP contribution in [0.1, 0.15) is 12.5 Å². The van der Waals surface area contributed by atoms with E-state index in [0.29, 0.717) is 11.5 Å². The molecule has 5 nitrogen and oxygen atoms in total. The van der Waals surface area contributed by atoms with Gasteiger partial charge >= 0.3 is 5.97 Å². The van der Waals surface area contributed by atoms with Crippen LogP contribution >= 0.6 is 11.6 Å². The molecule has 0 unspecified atom stereocenters. The van der Waals surface area contributed by atoms with E-state index in [4.69, 9.17) is 21.1 Å². The van der Waals surface area contributed by atoms with E-state index >= 15 is 0 Å². The fraction of sp³-hybridized carbons (Fsp3) is 0.318. The number of esters is 1. The van der Waals surface area contributed by atoms with Crippen molar-refractivity contribution in [2.24, 2.45) is 0 Å². The van der Waals surface area contributed by atoms with Gasteiger partial charge in [0.1, 0.15) is 0 Å². The summed E-state index contributed by atoms with van der Waals surface area (Å²) < 4.78 is 10.4. The first-order valence-electron chi connectivity index (χ1n) is 9.31. The van der Waals surface area contributed by atoms with Crippen LogP contribution in [0.3, 0.4) is 0 Å². The van der Waals surface area contributed by atoms with Crippen molar-refractivity contribution < 1.29 is 14.3 Å². The standard InChI is InChI=1S/C22H25ClN2O3/c1-17(26)28-21-10-9-18(16-22(21)27-2)6-5-11-24-12-14-25(15-13-24)20-8-4-3-7-19(20)23/h3-10,16H,11-15H2,1-2H3. The third kappa shape index (κ3) is 5.27. The predicted octanol–water partition coefficient (Wildman–Crippen LogP) is 4.11. The number of carbonyl (C=O) groups excluding carboxylic acids is 1. The third-order valence-corrected chi connectivity index (χ3v) is 5.00. The number of nitrogens with zero attached hydrogens (tertiary/aromatic N) is 2. The van der Waals surface area contributed by atoms with E-state index in [9.17, 15) is 4.79 Å². The maximum atomic E-state index is 11.1. The van der Waals surface area contributed by atoms with E-state index in [0.717, 1.165) is 49.0 Å². The number of halogens is 1. The van der Waals surface area contributed by atoms with Gasteiger partial charge in [0, 0.05) is 39.6 Å². The molecule has 0 amide bonds. The quantitative estimate of drug-likeness (QED) is 0.539. The van der Waals surface area contributed by atoms with Crippen molar-refractivity contribution in [3.8, 4) is 11.5 Å². The Morgan fingerprint density at radius 2 is 1.86 bits per heavy atom. The summed E-state index contributed by atoms with van der Waals surface area (Å²) in [4.78, 5) is 15.9. The van der Waals surface area contributed by atoms with E-state index in [2.05, 4.69) is 28.0 Å². The topological polar surface area (TPSA) is 42.0 Å². The summed E-state index contributed by atoms with van der Waals surface area (Å²) >= 11 is 6.30. The average molecular weight is 401 g/mol. The highest BCUT2D eigenvalue weighted by molar-refractivity contribution is 6.33. The molecule has 0 aromatic heterocycles. The fourth-order valence-electron chi connectivity index (χ4n) is 3.24. The van der Waals surface area contributed by atoms with Crippen molar-refractivity contribution in [1.29, 1.82) is 0 Å². The smallest absolute Gasteiger partial charge is 0.308 e. The van der Waals surface area contributed by atoms with Crippen molar-refractivity contribution in [3.63, 3.8) is 0 Å². The lowest BCUT2D eigenvalue weighted by Crippen LogP contribution is -2.46. The minimum Gasteiger partial charge on any atom is -0.493 e. The molecule has 28 heavy (non-hydrogen) atoms. The van der Waals surface area contributed by atoms with Crippen LogP contribution in [-0.4, -0.2) is 50.7 Å². The molecule has 0 N–H and O–H groups in total. The number of ether oxygens (including phenoxy) is 2. The second-order valence-corrected chi connectivity index (χ2v) is 7.05. The maximum Gasteiger partial charge on any atom is 0.308 e. The molecule has 0 radical (unpaired) electrons. The first-order valence-corrected chi connectivity index (χ1v) is 9.69. The van der Waals surface area contributed by atoms with Crippen molar-refractivity contribution in [2.75, 3.05) is 44.7 Å². The van der Waals surface area contributed by atoms with Gasteiger partial charge in [-0.1, -0.05) is 42.0 Å². The van der Waals surface area contributed by atoms with Crippen LogP contribution in [0.25, 0.3) is 6.08 Å². The second kappa shape index (κ2) is 9.62. The average Bonchev–Trinajstić information content (AvgIpc) is 2.69. The Morgan fingerprint density at radius 1 is 1.11 bits per heavy atom. The van der Waals surface area contributed by atoms with Crippen LogP contribution < -0.4 is 14.4 Å². The monoisotopic (exact) mass is 400 g/mol. The fourth-order valence-corrected chi connectivity index (χ4v) is 3.50. The molecule has 2 aromatic carbocycles. The van der Waals surface area contributed by atoms with Crippen LogP contribution in [0.15, 0.2) is 48.5 Å². The molecule has 1 saturated heterocycles. The number of hydrogen-bond donors (Lipinski definition) is 0. The Balaban J connectivity index is 1.53. The number of methoxy groups -OCH3 is 1. The Morgan fingerprint density at radius 3 is 2.54 bits per heavy atom. The normalized spacial score (nSPS) is 15.0. The van der Waals surface area contributed by atoms with Crippen LogP contribution in [0, 0.1) is 0 Å². The zero-order chi connectivity index (χ0) is 19.9. The summed E-state index contributed by atoms with van der Waals surface area (Å²) in [7, 11) is 1.56. The van der Waals surface area contributed by atoms with Gasteiger partial charge in [0.05, 0.1) is 17.8 Å². The zero-order valence-corrected chi connectivity index (χ0v) is 17.0. The molecule has 148 valence electrons. The van der Waals surface area contributed by atoms with E-state index < -0.39 is 0 Å². The number of hydrogen-bond acceptors (Lipinski definition) is 5. The third-order valence-electron chi connectivity index (χ3n) is 4.68. The summed E-state index contributed by atoms with van der Waals surface area (Å²) in [6.07, 6.45) is 4.20. The lowest BCUT2D eigenvalue weighted by molar-refractivity contribution is -0.132. The zero-order valence-electron chi connectivity index (χ0n) is 16.2. The van der Waals surface area contributed by atoms with Crippen LogP contribution in [0.2, 0.25) is 5.02 Å². The Hall–Kier alpha value is -2.50. The maximum absolute atomic E-state index is 11.1. The summed E-state index contributed by atoms with van der Waals surface area (Å²) in [5.41, 5.74) is 2.11. The lowest BCUT2D eigenvalue weighted by atomic mass is 10.2. The molecule has 1 aliphatic heterocycles. The molecule has 1 aliphatic rings. The molecule has 0 atom stereocenters. The van der Waals surface area contributed by atoms with E-state index in [1.165, 1.54) is 6.92 Å². The minimum absolute atomic E-state index is 0.363. The molecule has 0 aliphatic carbocycles. The number of carbonyl (C=O) groups is 1. The van der Waals surface area contributed by atoms with Crippen LogP contribution in [0.4, 0.5) is 5.69 Å².